The van der Waals surface area contributed by atoms with Crippen LogP contribution in [0.2, 0.25) is 5.02 Å². The summed E-state index contributed by atoms with van der Waals surface area (Å²) >= 11 is 5.75. The third kappa shape index (κ3) is 3.29. The van der Waals surface area contributed by atoms with Gasteiger partial charge in [0.25, 0.3) is 5.88 Å². The third-order valence-corrected chi connectivity index (χ3v) is 2.49. The van der Waals surface area contributed by atoms with E-state index in [9.17, 15) is 10.1 Å². The van der Waals surface area contributed by atoms with E-state index in [2.05, 4.69) is 9.97 Å². The SMILES string of the molecule is Nc1ncc([N+](=O)[O-])c(OCc2ccc(Cl)cc2)n1. The zero-order chi connectivity index (χ0) is 13.8. The molecule has 19 heavy (non-hydrogen) atoms. The Morgan fingerprint density at radius 1 is 1.37 bits per heavy atom. The minimum Gasteiger partial charge on any atom is -0.468 e. The van der Waals surface area contributed by atoms with E-state index in [1.54, 1.807) is 24.3 Å². The molecule has 0 amide bonds. The quantitative estimate of drug-likeness (QED) is 0.680. The monoisotopic (exact) mass is 280 g/mol. The number of rotatable bonds is 4. The van der Waals surface area contributed by atoms with E-state index in [4.69, 9.17) is 22.1 Å². The number of nitro groups is 1. The number of hydrogen-bond acceptors (Lipinski definition) is 6. The number of aromatic nitrogens is 2. The maximum atomic E-state index is 10.8. The molecule has 1 aromatic carbocycles. The van der Waals surface area contributed by atoms with Gasteiger partial charge in [-0.1, -0.05) is 23.7 Å². The van der Waals surface area contributed by atoms with Crippen molar-refractivity contribution in [2.24, 2.45) is 0 Å². The number of nitrogens with zero attached hydrogens (tertiary/aromatic N) is 3. The second-order valence-electron chi connectivity index (χ2n) is 3.59. The van der Waals surface area contributed by atoms with Crippen molar-refractivity contribution in [3.63, 3.8) is 0 Å². The van der Waals surface area contributed by atoms with Crippen molar-refractivity contribution in [3.8, 4) is 5.88 Å². The first kappa shape index (κ1) is 13.0. The number of hydrogen-bond donors (Lipinski definition) is 1. The summed E-state index contributed by atoms with van der Waals surface area (Å²) in [5.74, 6) is -0.246. The van der Waals surface area contributed by atoms with Gasteiger partial charge in [-0.25, -0.2) is 4.98 Å². The lowest BCUT2D eigenvalue weighted by atomic mass is 10.2. The number of ether oxygens (including phenoxy) is 1. The topological polar surface area (TPSA) is 104 Å². The van der Waals surface area contributed by atoms with E-state index in [-0.39, 0.29) is 24.1 Å². The second-order valence-corrected chi connectivity index (χ2v) is 4.03. The zero-order valence-electron chi connectivity index (χ0n) is 9.62. The highest BCUT2D eigenvalue weighted by Gasteiger charge is 2.18. The van der Waals surface area contributed by atoms with Crippen molar-refractivity contribution < 1.29 is 9.66 Å². The van der Waals surface area contributed by atoms with Crippen molar-refractivity contribution in [2.45, 2.75) is 6.61 Å². The molecule has 1 heterocycles. The number of halogens is 1. The molecule has 0 fully saturated rings. The molecule has 0 radical (unpaired) electrons. The maximum Gasteiger partial charge on any atom is 0.349 e. The normalized spacial score (nSPS) is 10.2. The Morgan fingerprint density at radius 2 is 2.05 bits per heavy atom. The summed E-state index contributed by atoms with van der Waals surface area (Å²) in [5.41, 5.74) is 5.85. The smallest absolute Gasteiger partial charge is 0.349 e. The van der Waals surface area contributed by atoms with E-state index in [0.717, 1.165) is 11.8 Å². The summed E-state index contributed by atoms with van der Waals surface area (Å²) in [4.78, 5) is 17.4. The van der Waals surface area contributed by atoms with Crippen molar-refractivity contribution in [1.29, 1.82) is 0 Å². The van der Waals surface area contributed by atoms with Gasteiger partial charge in [0.05, 0.1) is 4.92 Å². The molecule has 0 spiro atoms. The molecule has 2 N–H and O–H groups in total. The lowest BCUT2D eigenvalue weighted by Crippen LogP contribution is -2.04. The van der Waals surface area contributed by atoms with Gasteiger partial charge in [-0.2, -0.15) is 4.98 Å². The van der Waals surface area contributed by atoms with E-state index in [1.807, 2.05) is 0 Å². The Labute approximate surface area is 113 Å². The first-order chi connectivity index (χ1) is 9.06. The zero-order valence-corrected chi connectivity index (χ0v) is 10.4. The van der Waals surface area contributed by atoms with Gasteiger partial charge >= 0.3 is 5.69 Å². The Balaban J connectivity index is 2.16. The molecule has 0 atom stereocenters. The highest BCUT2D eigenvalue weighted by molar-refractivity contribution is 6.30. The number of nitrogen functional groups attached to an aromatic ring is 1. The molecule has 0 bridgehead atoms. The van der Waals surface area contributed by atoms with Crippen LogP contribution in [0, 0.1) is 10.1 Å². The largest absolute Gasteiger partial charge is 0.468 e. The van der Waals surface area contributed by atoms with E-state index in [0.29, 0.717) is 5.02 Å². The minimum atomic E-state index is -0.628. The Hall–Kier alpha value is -2.41. The van der Waals surface area contributed by atoms with Crippen LogP contribution in [0.4, 0.5) is 11.6 Å². The fourth-order valence-electron chi connectivity index (χ4n) is 1.34. The van der Waals surface area contributed by atoms with Crippen LogP contribution in [-0.4, -0.2) is 14.9 Å². The molecule has 0 saturated heterocycles. The second kappa shape index (κ2) is 5.49. The maximum absolute atomic E-state index is 10.8. The fourth-order valence-corrected chi connectivity index (χ4v) is 1.46. The van der Waals surface area contributed by atoms with Gasteiger partial charge in [0.15, 0.2) is 0 Å². The van der Waals surface area contributed by atoms with Crippen LogP contribution >= 0.6 is 11.6 Å². The predicted octanol–water partition coefficient (Wildman–Crippen LogP) is 2.20. The molecule has 8 heteroatoms. The van der Waals surface area contributed by atoms with Gasteiger partial charge in [0, 0.05) is 5.02 Å². The minimum absolute atomic E-state index is 0.0864. The van der Waals surface area contributed by atoms with Crippen LogP contribution < -0.4 is 10.5 Å². The summed E-state index contributed by atoms with van der Waals surface area (Å²) < 4.78 is 5.29. The summed E-state index contributed by atoms with van der Waals surface area (Å²) in [6, 6.07) is 6.89. The van der Waals surface area contributed by atoms with E-state index < -0.39 is 4.92 Å². The molecule has 0 aliphatic carbocycles. The molecule has 0 aliphatic heterocycles. The molecule has 0 unspecified atom stereocenters. The summed E-state index contributed by atoms with van der Waals surface area (Å²) in [6.45, 7) is 0.120. The lowest BCUT2D eigenvalue weighted by Gasteiger charge is -2.06. The average Bonchev–Trinajstić information content (AvgIpc) is 2.38. The summed E-state index contributed by atoms with van der Waals surface area (Å²) in [7, 11) is 0. The number of anilines is 1. The lowest BCUT2D eigenvalue weighted by molar-refractivity contribution is -0.386. The van der Waals surface area contributed by atoms with Crippen LogP contribution in [0.25, 0.3) is 0 Å². The van der Waals surface area contributed by atoms with Crippen LogP contribution in [0.5, 0.6) is 5.88 Å². The first-order valence-corrected chi connectivity index (χ1v) is 5.58. The van der Waals surface area contributed by atoms with Gasteiger partial charge in [-0.15, -0.1) is 0 Å². The van der Waals surface area contributed by atoms with Gasteiger partial charge in [-0.05, 0) is 17.7 Å². The number of benzene rings is 1. The number of nitrogens with two attached hydrogens (primary N) is 1. The molecular weight excluding hydrogens is 272 g/mol. The van der Waals surface area contributed by atoms with Crippen LogP contribution in [0.3, 0.4) is 0 Å². The summed E-state index contributed by atoms with van der Waals surface area (Å²) in [6.07, 6.45) is 1.01. The Kier molecular flexibility index (Phi) is 3.76. The van der Waals surface area contributed by atoms with Gasteiger partial charge < -0.3 is 10.5 Å². The molecule has 98 valence electrons. The molecule has 2 aromatic rings. The van der Waals surface area contributed by atoms with Crippen LogP contribution in [-0.2, 0) is 6.61 Å². The van der Waals surface area contributed by atoms with Gasteiger partial charge in [-0.3, -0.25) is 10.1 Å². The summed E-state index contributed by atoms with van der Waals surface area (Å²) in [5, 5.41) is 11.4. The van der Waals surface area contributed by atoms with Crippen molar-refractivity contribution in [2.75, 3.05) is 5.73 Å². The van der Waals surface area contributed by atoms with Crippen LogP contribution in [0.1, 0.15) is 5.56 Å². The first-order valence-electron chi connectivity index (χ1n) is 5.20. The molecule has 0 saturated carbocycles. The molecular formula is C11H9ClN4O3. The fraction of sp³-hybridized carbons (Fsp3) is 0.0909. The van der Waals surface area contributed by atoms with Gasteiger partial charge in [0.1, 0.15) is 12.8 Å². The van der Waals surface area contributed by atoms with Crippen molar-refractivity contribution >= 4 is 23.2 Å². The van der Waals surface area contributed by atoms with E-state index >= 15 is 0 Å². The Bertz CT molecular complexity index is 603. The highest BCUT2D eigenvalue weighted by atomic mass is 35.5. The molecule has 1 aromatic heterocycles. The highest BCUT2D eigenvalue weighted by Crippen LogP contribution is 2.24. The van der Waals surface area contributed by atoms with Crippen molar-refractivity contribution in [3.05, 3.63) is 51.2 Å². The molecule has 0 aliphatic rings. The Morgan fingerprint density at radius 3 is 2.68 bits per heavy atom. The van der Waals surface area contributed by atoms with Gasteiger partial charge in [0.2, 0.25) is 5.95 Å². The molecule has 7 nitrogen and oxygen atoms in total. The third-order valence-electron chi connectivity index (χ3n) is 2.24. The predicted molar refractivity (Wildman–Crippen MR) is 68.9 cm³/mol. The van der Waals surface area contributed by atoms with Crippen molar-refractivity contribution in [1.82, 2.24) is 9.97 Å². The average molecular weight is 281 g/mol. The molecule has 2 rings (SSSR count). The standard InChI is InChI=1S/C11H9ClN4O3/c12-8-3-1-7(2-4-8)6-19-10-9(16(17)18)5-14-11(13)15-10/h1-5H,6H2,(H2,13,14,15). The van der Waals surface area contributed by atoms with E-state index in [1.165, 1.54) is 0 Å². The van der Waals surface area contributed by atoms with Crippen LogP contribution in [0.15, 0.2) is 30.5 Å².